The van der Waals surface area contributed by atoms with Crippen LogP contribution in [0.5, 0.6) is 5.75 Å². The molecule has 1 atom stereocenters. The minimum atomic E-state index is -0.0815. The number of nitrogens with zero attached hydrogens (tertiary/aromatic N) is 2. The second kappa shape index (κ2) is 5.35. The van der Waals surface area contributed by atoms with Crippen LogP contribution in [-0.2, 0) is 6.42 Å². The summed E-state index contributed by atoms with van der Waals surface area (Å²) in [4.78, 5) is 0. The number of hydrogen-bond donors (Lipinski definition) is 1. The van der Waals surface area contributed by atoms with E-state index in [2.05, 4.69) is 11.2 Å². The van der Waals surface area contributed by atoms with Gasteiger partial charge in [-0.3, -0.25) is 0 Å². The molecule has 0 amide bonds. The molecule has 2 aromatic heterocycles. The fourth-order valence-corrected chi connectivity index (χ4v) is 2.40. The quantitative estimate of drug-likeness (QED) is 0.790. The van der Waals surface area contributed by atoms with Crippen LogP contribution in [0.25, 0.3) is 5.52 Å². The molecular weight excluding hydrogens is 250 g/mol. The van der Waals surface area contributed by atoms with E-state index in [0.717, 1.165) is 28.8 Å². The van der Waals surface area contributed by atoms with Crippen LogP contribution in [0.15, 0.2) is 54.9 Å². The van der Waals surface area contributed by atoms with E-state index in [0.29, 0.717) is 0 Å². The first-order valence-corrected chi connectivity index (χ1v) is 6.58. The summed E-state index contributed by atoms with van der Waals surface area (Å²) in [5, 5.41) is 4.33. The second-order valence-electron chi connectivity index (χ2n) is 4.79. The lowest BCUT2D eigenvalue weighted by Gasteiger charge is -2.11. The van der Waals surface area contributed by atoms with E-state index >= 15 is 0 Å². The van der Waals surface area contributed by atoms with Gasteiger partial charge in [-0.1, -0.05) is 18.2 Å². The van der Waals surface area contributed by atoms with Crippen LogP contribution in [0.4, 0.5) is 0 Å². The predicted molar refractivity (Wildman–Crippen MR) is 78.8 cm³/mol. The highest BCUT2D eigenvalue weighted by Crippen LogP contribution is 2.22. The second-order valence-corrected chi connectivity index (χ2v) is 4.79. The normalized spacial score (nSPS) is 12.5. The zero-order valence-electron chi connectivity index (χ0n) is 11.4. The van der Waals surface area contributed by atoms with Gasteiger partial charge in [-0.2, -0.15) is 5.10 Å². The number of methoxy groups -OCH3 is 1. The number of fused-ring (bicyclic) bond motifs is 1. The summed E-state index contributed by atoms with van der Waals surface area (Å²) in [6.45, 7) is 0. The maximum absolute atomic E-state index is 6.33. The van der Waals surface area contributed by atoms with Gasteiger partial charge < -0.3 is 10.5 Å². The smallest absolute Gasteiger partial charge is 0.119 e. The number of ether oxygens (including phenoxy) is 1. The fourth-order valence-electron chi connectivity index (χ4n) is 2.40. The first kappa shape index (κ1) is 12.7. The van der Waals surface area contributed by atoms with Crippen molar-refractivity contribution >= 4 is 5.52 Å². The summed E-state index contributed by atoms with van der Waals surface area (Å²) < 4.78 is 7.09. The van der Waals surface area contributed by atoms with Crippen LogP contribution in [-0.4, -0.2) is 16.7 Å². The number of hydrogen-bond acceptors (Lipinski definition) is 3. The Kier molecular flexibility index (Phi) is 3.39. The van der Waals surface area contributed by atoms with Gasteiger partial charge >= 0.3 is 0 Å². The Morgan fingerprint density at radius 1 is 1.25 bits per heavy atom. The van der Waals surface area contributed by atoms with Crippen molar-refractivity contribution in [3.63, 3.8) is 0 Å². The molecule has 2 N–H and O–H groups in total. The van der Waals surface area contributed by atoms with Crippen molar-refractivity contribution in [2.75, 3.05) is 7.11 Å². The van der Waals surface area contributed by atoms with Gasteiger partial charge in [0.2, 0.25) is 0 Å². The van der Waals surface area contributed by atoms with Crippen LogP contribution < -0.4 is 10.5 Å². The van der Waals surface area contributed by atoms with Crippen molar-refractivity contribution in [2.45, 2.75) is 12.5 Å². The summed E-state index contributed by atoms with van der Waals surface area (Å²) in [5.41, 5.74) is 9.62. The largest absolute Gasteiger partial charge is 0.497 e. The summed E-state index contributed by atoms with van der Waals surface area (Å²) in [5.74, 6) is 0.856. The summed E-state index contributed by atoms with van der Waals surface area (Å²) in [6, 6.07) is 13.9. The highest BCUT2D eigenvalue weighted by molar-refractivity contribution is 5.55. The third-order valence-electron chi connectivity index (χ3n) is 3.45. The van der Waals surface area contributed by atoms with Gasteiger partial charge in [0.1, 0.15) is 5.75 Å². The number of nitrogens with two attached hydrogens (primary N) is 1. The number of rotatable bonds is 4. The molecule has 4 heteroatoms. The van der Waals surface area contributed by atoms with E-state index in [4.69, 9.17) is 10.5 Å². The molecule has 102 valence electrons. The predicted octanol–water partition coefficient (Wildman–Crippen LogP) is 2.59. The molecule has 0 saturated carbocycles. The SMILES string of the molecule is COc1cccc(CC(N)c2cnn3ccccc23)c1. The van der Waals surface area contributed by atoms with Gasteiger partial charge in [0.05, 0.1) is 18.8 Å². The third kappa shape index (κ3) is 2.38. The monoisotopic (exact) mass is 267 g/mol. The minimum Gasteiger partial charge on any atom is -0.497 e. The van der Waals surface area contributed by atoms with E-state index in [1.165, 1.54) is 0 Å². The van der Waals surface area contributed by atoms with Gasteiger partial charge in [0, 0.05) is 17.8 Å². The number of aromatic nitrogens is 2. The van der Waals surface area contributed by atoms with Crippen LogP contribution >= 0.6 is 0 Å². The molecule has 1 unspecified atom stereocenters. The first-order chi connectivity index (χ1) is 9.78. The standard InChI is InChI=1S/C16H17N3O/c1-20-13-6-4-5-12(9-13)10-15(17)14-11-18-19-8-3-2-7-16(14)19/h2-9,11,15H,10,17H2,1H3. The van der Waals surface area contributed by atoms with E-state index in [9.17, 15) is 0 Å². The maximum Gasteiger partial charge on any atom is 0.119 e. The molecule has 1 aromatic carbocycles. The highest BCUT2D eigenvalue weighted by Gasteiger charge is 2.13. The van der Waals surface area contributed by atoms with Crippen molar-refractivity contribution in [3.05, 3.63) is 66.0 Å². The molecule has 0 fully saturated rings. The van der Waals surface area contributed by atoms with Crippen molar-refractivity contribution in [3.8, 4) is 5.75 Å². The Balaban J connectivity index is 1.87. The van der Waals surface area contributed by atoms with E-state index in [-0.39, 0.29) is 6.04 Å². The van der Waals surface area contributed by atoms with Gasteiger partial charge in [-0.15, -0.1) is 0 Å². The number of benzene rings is 1. The molecule has 0 aliphatic heterocycles. The Morgan fingerprint density at radius 2 is 2.15 bits per heavy atom. The van der Waals surface area contributed by atoms with Crippen molar-refractivity contribution in [2.24, 2.45) is 5.73 Å². The average molecular weight is 267 g/mol. The Morgan fingerprint density at radius 3 is 3.00 bits per heavy atom. The molecule has 2 heterocycles. The third-order valence-corrected chi connectivity index (χ3v) is 3.45. The summed E-state index contributed by atoms with van der Waals surface area (Å²) >= 11 is 0. The molecule has 0 aliphatic carbocycles. The van der Waals surface area contributed by atoms with Gasteiger partial charge in [-0.05, 0) is 36.2 Å². The van der Waals surface area contributed by atoms with Gasteiger partial charge in [-0.25, -0.2) is 4.52 Å². The molecule has 20 heavy (non-hydrogen) atoms. The lowest BCUT2D eigenvalue weighted by Crippen LogP contribution is -2.13. The maximum atomic E-state index is 6.33. The summed E-state index contributed by atoms with van der Waals surface area (Å²) in [6.07, 6.45) is 4.53. The molecule has 0 radical (unpaired) electrons. The average Bonchev–Trinajstić information content (AvgIpc) is 2.91. The Bertz CT molecular complexity index is 720. The van der Waals surface area contributed by atoms with E-state index in [1.54, 1.807) is 7.11 Å². The molecule has 0 bridgehead atoms. The molecule has 3 aromatic rings. The molecule has 0 spiro atoms. The van der Waals surface area contributed by atoms with Crippen LogP contribution in [0.3, 0.4) is 0 Å². The molecule has 0 aliphatic rings. The topological polar surface area (TPSA) is 52.5 Å². The molecule has 4 nitrogen and oxygen atoms in total. The fraction of sp³-hybridized carbons (Fsp3) is 0.188. The number of pyridine rings is 1. The lowest BCUT2D eigenvalue weighted by atomic mass is 10.0. The van der Waals surface area contributed by atoms with Gasteiger partial charge in [0.15, 0.2) is 0 Å². The highest BCUT2D eigenvalue weighted by atomic mass is 16.5. The molecule has 0 saturated heterocycles. The van der Waals surface area contributed by atoms with Crippen LogP contribution in [0.1, 0.15) is 17.2 Å². The zero-order chi connectivity index (χ0) is 13.9. The Labute approximate surface area is 117 Å². The molecule has 3 rings (SSSR count). The van der Waals surface area contributed by atoms with Crippen molar-refractivity contribution in [1.29, 1.82) is 0 Å². The first-order valence-electron chi connectivity index (χ1n) is 6.58. The van der Waals surface area contributed by atoms with Crippen LogP contribution in [0, 0.1) is 0 Å². The lowest BCUT2D eigenvalue weighted by molar-refractivity contribution is 0.414. The van der Waals surface area contributed by atoms with Crippen molar-refractivity contribution < 1.29 is 4.74 Å². The van der Waals surface area contributed by atoms with Crippen LogP contribution in [0.2, 0.25) is 0 Å². The van der Waals surface area contributed by atoms with E-state index in [1.807, 2.05) is 53.3 Å². The van der Waals surface area contributed by atoms with Gasteiger partial charge in [0.25, 0.3) is 0 Å². The van der Waals surface area contributed by atoms with Crippen molar-refractivity contribution in [1.82, 2.24) is 9.61 Å². The van der Waals surface area contributed by atoms with E-state index < -0.39 is 0 Å². The summed E-state index contributed by atoms with van der Waals surface area (Å²) in [7, 11) is 1.67. The molecular formula is C16H17N3O. The Hall–Kier alpha value is -2.33. The zero-order valence-corrected chi connectivity index (χ0v) is 11.4. The minimum absolute atomic E-state index is 0.0815.